The summed E-state index contributed by atoms with van der Waals surface area (Å²) in [6.45, 7) is 1.65. The molecule has 100 valence electrons. The van der Waals surface area contributed by atoms with E-state index in [9.17, 15) is 20.1 Å². The fourth-order valence-electron chi connectivity index (χ4n) is 1.48. The van der Waals surface area contributed by atoms with Gasteiger partial charge in [0.25, 0.3) is 5.91 Å². The monoisotopic (exact) mass is 271 g/mol. The van der Waals surface area contributed by atoms with Gasteiger partial charge in [-0.05, 0) is 25.3 Å². The standard InChI is InChI=1S/C12H17NO4S/c1-12(17,7-18-2)6-13-11(16)10-8(14)4-3-5-9(10)15/h3-5,14-15,17H,6-7H2,1-2H3,(H,13,16). The summed E-state index contributed by atoms with van der Waals surface area (Å²) in [7, 11) is 0. The maximum atomic E-state index is 11.8. The molecule has 18 heavy (non-hydrogen) atoms. The van der Waals surface area contributed by atoms with E-state index in [1.54, 1.807) is 6.92 Å². The summed E-state index contributed by atoms with van der Waals surface area (Å²) < 4.78 is 0. The van der Waals surface area contributed by atoms with Crippen LogP contribution in [0, 0.1) is 0 Å². The summed E-state index contributed by atoms with van der Waals surface area (Å²) in [5.74, 6) is -0.735. The molecular weight excluding hydrogens is 254 g/mol. The number of hydrogen-bond donors (Lipinski definition) is 4. The lowest BCUT2D eigenvalue weighted by Crippen LogP contribution is -2.42. The van der Waals surface area contributed by atoms with Crippen LogP contribution in [0.2, 0.25) is 0 Å². The average molecular weight is 271 g/mol. The molecule has 1 unspecified atom stereocenters. The van der Waals surface area contributed by atoms with Crippen molar-refractivity contribution >= 4 is 17.7 Å². The largest absolute Gasteiger partial charge is 0.507 e. The minimum absolute atomic E-state index is 0.0421. The Balaban J connectivity index is 2.72. The number of nitrogens with one attached hydrogen (secondary N) is 1. The highest BCUT2D eigenvalue weighted by molar-refractivity contribution is 7.98. The van der Waals surface area contributed by atoms with Crippen LogP contribution in [0.1, 0.15) is 17.3 Å². The molecule has 0 saturated carbocycles. The maximum absolute atomic E-state index is 11.8. The zero-order valence-corrected chi connectivity index (χ0v) is 11.1. The molecule has 0 heterocycles. The zero-order chi connectivity index (χ0) is 13.8. The van der Waals surface area contributed by atoms with Gasteiger partial charge in [-0.2, -0.15) is 11.8 Å². The van der Waals surface area contributed by atoms with Gasteiger partial charge in [-0.15, -0.1) is 0 Å². The fourth-order valence-corrected chi connectivity index (χ4v) is 2.21. The second-order valence-corrected chi connectivity index (χ2v) is 5.15. The number of aliphatic hydroxyl groups is 1. The number of phenolic OH excluding ortho intramolecular Hbond substituents is 2. The van der Waals surface area contributed by atoms with Crippen molar-refractivity contribution in [2.75, 3.05) is 18.6 Å². The molecule has 4 N–H and O–H groups in total. The van der Waals surface area contributed by atoms with Crippen LogP contribution >= 0.6 is 11.8 Å². The van der Waals surface area contributed by atoms with Crippen LogP contribution in [0.3, 0.4) is 0 Å². The topological polar surface area (TPSA) is 89.8 Å². The zero-order valence-electron chi connectivity index (χ0n) is 10.3. The number of rotatable bonds is 5. The third-order valence-electron chi connectivity index (χ3n) is 2.33. The lowest BCUT2D eigenvalue weighted by atomic mass is 10.1. The number of thioether (sulfide) groups is 1. The number of aromatic hydroxyl groups is 2. The highest BCUT2D eigenvalue weighted by Crippen LogP contribution is 2.25. The van der Waals surface area contributed by atoms with E-state index in [1.807, 2.05) is 6.26 Å². The van der Waals surface area contributed by atoms with Gasteiger partial charge in [0.1, 0.15) is 17.1 Å². The normalized spacial score (nSPS) is 13.9. The Kier molecular flexibility index (Phi) is 4.86. The summed E-state index contributed by atoms with van der Waals surface area (Å²) in [5.41, 5.74) is -1.22. The van der Waals surface area contributed by atoms with Gasteiger partial charge in [0.2, 0.25) is 0 Å². The first kappa shape index (κ1) is 14.7. The summed E-state index contributed by atoms with van der Waals surface area (Å²) in [4.78, 5) is 11.8. The predicted molar refractivity (Wildman–Crippen MR) is 71.1 cm³/mol. The van der Waals surface area contributed by atoms with Gasteiger partial charge in [0.15, 0.2) is 0 Å². The van der Waals surface area contributed by atoms with E-state index >= 15 is 0 Å². The van der Waals surface area contributed by atoms with E-state index in [1.165, 1.54) is 30.0 Å². The van der Waals surface area contributed by atoms with Crippen molar-refractivity contribution in [3.63, 3.8) is 0 Å². The minimum atomic E-state index is -1.03. The third kappa shape index (κ3) is 3.82. The number of phenols is 2. The van der Waals surface area contributed by atoms with Gasteiger partial charge in [0.05, 0.1) is 5.60 Å². The molecule has 0 spiro atoms. The second kappa shape index (κ2) is 5.97. The first-order chi connectivity index (χ1) is 8.37. The van der Waals surface area contributed by atoms with E-state index < -0.39 is 11.5 Å². The number of carbonyl (C=O) groups excluding carboxylic acids is 1. The molecule has 0 aliphatic carbocycles. The summed E-state index contributed by atoms with van der Waals surface area (Å²) in [6, 6.07) is 4.06. The van der Waals surface area contributed by atoms with Gasteiger partial charge in [-0.1, -0.05) is 6.07 Å². The highest BCUT2D eigenvalue weighted by Gasteiger charge is 2.22. The first-order valence-corrected chi connectivity index (χ1v) is 6.77. The fraction of sp³-hybridized carbons (Fsp3) is 0.417. The molecule has 0 radical (unpaired) electrons. The second-order valence-electron chi connectivity index (χ2n) is 4.28. The van der Waals surface area contributed by atoms with E-state index in [0.29, 0.717) is 5.75 Å². The Morgan fingerprint density at radius 1 is 1.39 bits per heavy atom. The molecule has 0 aliphatic rings. The van der Waals surface area contributed by atoms with E-state index in [2.05, 4.69) is 5.32 Å². The van der Waals surface area contributed by atoms with Gasteiger partial charge in [0, 0.05) is 12.3 Å². The number of carbonyl (C=O) groups is 1. The molecule has 0 aromatic heterocycles. The molecule has 1 atom stereocenters. The quantitative estimate of drug-likeness (QED) is 0.640. The smallest absolute Gasteiger partial charge is 0.258 e. The summed E-state index contributed by atoms with van der Waals surface area (Å²) in [6.07, 6.45) is 1.85. The Hall–Kier alpha value is -1.40. The van der Waals surface area contributed by atoms with Crippen molar-refractivity contribution in [3.8, 4) is 11.5 Å². The summed E-state index contributed by atoms with van der Waals surface area (Å²) >= 11 is 1.46. The van der Waals surface area contributed by atoms with Gasteiger partial charge < -0.3 is 20.6 Å². The van der Waals surface area contributed by atoms with Crippen molar-refractivity contribution in [1.82, 2.24) is 5.32 Å². The van der Waals surface area contributed by atoms with Gasteiger partial charge in [-0.3, -0.25) is 4.79 Å². The van der Waals surface area contributed by atoms with E-state index in [-0.39, 0.29) is 23.6 Å². The first-order valence-electron chi connectivity index (χ1n) is 5.38. The molecule has 6 heteroatoms. The maximum Gasteiger partial charge on any atom is 0.258 e. The van der Waals surface area contributed by atoms with Crippen LogP contribution in [-0.4, -0.2) is 45.4 Å². The molecule has 1 amide bonds. The Morgan fingerprint density at radius 3 is 2.44 bits per heavy atom. The van der Waals surface area contributed by atoms with Crippen LogP contribution in [0.4, 0.5) is 0 Å². The van der Waals surface area contributed by atoms with Crippen LogP contribution in [0.25, 0.3) is 0 Å². The Bertz CT molecular complexity index is 414. The van der Waals surface area contributed by atoms with Gasteiger partial charge >= 0.3 is 0 Å². The van der Waals surface area contributed by atoms with Crippen LogP contribution in [0.15, 0.2) is 18.2 Å². The minimum Gasteiger partial charge on any atom is -0.507 e. The lowest BCUT2D eigenvalue weighted by molar-refractivity contribution is 0.0721. The van der Waals surface area contributed by atoms with E-state index in [4.69, 9.17) is 0 Å². The third-order valence-corrected chi connectivity index (χ3v) is 3.24. The molecule has 1 aromatic rings. The summed E-state index contributed by atoms with van der Waals surface area (Å²) in [5, 5.41) is 31.4. The Morgan fingerprint density at radius 2 is 1.94 bits per heavy atom. The number of benzene rings is 1. The highest BCUT2D eigenvalue weighted by atomic mass is 32.2. The molecule has 0 bridgehead atoms. The predicted octanol–water partition coefficient (Wildman–Crippen LogP) is 0.942. The van der Waals surface area contributed by atoms with Crippen LogP contribution in [0.5, 0.6) is 11.5 Å². The number of hydrogen-bond acceptors (Lipinski definition) is 5. The lowest BCUT2D eigenvalue weighted by Gasteiger charge is -2.22. The van der Waals surface area contributed by atoms with Crippen LogP contribution < -0.4 is 5.32 Å². The molecular formula is C12H17NO4S. The molecule has 1 rings (SSSR count). The average Bonchev–Trinajstić information content (AvgIpc) is 2.26. The SMILES string of the molecule is CSCC(C)(O)CNC(=O)c1c(O)cccc1O. The van der Waals surface area contributed by atoms with Crippen molar-refractivity contribution < 1.29 is 20.1 Å². The van der Waals surface area contributed by atoms with Crippen molar-refractivity contribution in [2.24, 2.45) is 0 Å². The molecule has 1 aromatic carbocycles. The molecule has 0 saturated heterocycles. The van der Waals surface area contributed by atoms with Crippen LogP contribution in [-0.2, 0) is 0 Å². The van der Waals surface area contributed by atoms with Crippen molar-refractivity contribution in [1.29, 1.82) is 0 Å². The van der Waals surface area contributed by atoms with Crippen molar-refractivity contribution in [3.05, 3.63) is 23.8 Å². The molecule has 5 nitrogen and oxygen atoms in total. The molecule has 0 fully saturated rings. The Labute approximate surface area is 110 Å². The molecule has 0 aliphatic heterocycles. The number of amides is 1. The van der Waals surface area contributed by atoms with Crippen molar-refractivity contribution in [2.45, 2.75) is 12.5 Å². The van der Waals surface area contributed by atoms with Gasteiger partial charge in [-0.25, -0.2) is 0 Å². The van der Waals surface area contributed by atoms with E-state index in [0.717, 1.165) is 0 Å².